The summed E-state index contributed by atoms with van der Waals surface area (Å²) in [4.78, 5) is 25.5. The summed E-state index contributed by atoms with van der Waals surface area (Å²) in [5.74, 6) is -1.87. The number of amides is 1. The normalized spacial score (nSPS) is 22.0. The minimum Gasteiger partial charge on any atom is -0.479 e. The van der Waals surface area contributed by atoms with Gasteiger partial charge in [0.25, 0.3) is 5.91 Å². The molecule has 1 amide bonds. The van der Waals surface area contributed by atoms with E-state index in [4.69, 9.17) is 0 Å². The number of carbonyl (C=O) groups is 2. The van der Waals surface area contributed by atoms with Crippen LogP contribution in [0.2, 0.25) is 0 Å². The number of benzene rings is 1. The number of rotatable bonds is 4. The molecule has 0 radical (unpaired) electrons. The van der Waals surface area contributed by atoms with E-state index in [9.17, 15) is 19.1 Å². The fourth-order valence-corrected chi connectivity index (χ4v) is 2.95. The number of aliphatic carboxylic acids is 1. The zero-order chi connectivity index (χ0) is 14.8. The molecule has 1 aromatic rings. The number of hydrogen-bond acceptors (Lipinski definition) is 2. The molecule has 1 aliphatic rings. The van der Waals surface area contributed by atoms with Crippen LogP contribution in [0.3, 0.4) is 0 Å². The Hall–Kier alpha value is -1.91. The third-order valence-corrected chi connectivity index (χ3v) is 3.87. The first kappa shape index (κ1) is 14.5. The van der Waals surface area contributed by atoms with E-state index in [0.29, 0.717) is 32.2 Å². The monoisotopic (exact) mass is 279 g/mol. The Bertz CT molecular complexity index is 532. The van der Waals surface area contributed by atoms with E-state index in [1.807, 2.05) is 6.92 Å². The predicted octanol–water partition coefficient (Wildman–Crippen LogP) is 2.69. The zero-order valence-corrected chi connectivity index (χ0v) is 11.4. The van der Waals surface area contributed by atoms with Crippen LogP contribution >= 0.6 is 0 Å². The van der Waals surface area contributed by atoms with E-state index in [1.54, 1.807) is 0 Å². The Morgan fingerprint density at radius 1 is 1.45 bits per heavy atom. The Morgan fingerprint density at radius 2 is 2.20 bits per heavy atom. The second kappa shape index (κ2) is 5.61. The first-order valence-corrected chi connectivity index (χ1v) is 6.82. The molecule has 1 N–H and O–H groups in total. The summed E-state index contributed by atoms with van der Waals surface area (Å²) in [7, 11) is 0. The molecule has 0 aromatic heterocycles. The number of likely N-dealkylation sites (tertiary alicyclic amines) is 1. The molecule has 0 aliphatic carbocycles. The second-order valence-electron chi connectivity index (χ2n) is 5.16. The van der Waals surface area contributed by atoms with Crippen molar-refractivity contribution in [3.8, 4) is 0 Å². The zero-order valence-electron chi connectivity index (χ0n) is 11.4. The Balaban J connectivity index is 2.34. The van der Waals surface area contributed by atoms with Gasteiger partial charge >= 0.3 is 5.97 Å². The van der Waals surface area contributed by atoms with Crippen molar-refractivity contribution >= 4 is 11.9 Å². The van der Waals surface area contributed by atoms with Crippen molar-refractivity contribution in [1.82, 2.24) is 4.90 Å². The van der Waals surface area contributed by atoms with Crippen molar-refractivity contribution in [1.29, 1.82) is 0 Å². The Morgan fingerprint density at radius 3 is 2.80 bits per heavy atom. The molecule has 1 heterocycles. The number of hydrogen-bond donors (Lipinski definition) is 1. The lowest BCUT2D eigenvalue weighted by molar-refractivity contribution is -0.148. The lowest BCUT2D eigenvalue weighted by atomic mass is 9.90. The van der Waals surface area contributed by atoms with Crippen molar-refractivity contribution in [2.75, 3.05) is 6.54 Å². The number of carboxylic acid groups (broad SMARTS) is 1. The minimum atomic E-state index is -1.14. The standard InChI is InChI=1S/C15H18FNO3/c1-2-7-15(14(19)20)8-4-9-17(15)13(18)11-5-3-6-12(16)10-11/h3,5-6,10H,2,4,7-9H2,1H3,(H,19,20). The van der Waals surface area contributed by atoms with Gasteiger partial charge in [0.1, 0.15) is 11.4 Å². The minimum absolute atomic E-state index is 0.202. The van der Waals surface area contributed by atoms with Crippen LogP contribution in [0.15, 0.2) is 24.3 Å². The highest BCUT2D eigenvalue weighted by Crippen LogP contribution is 2.35. The summed E-state index contributed by atoms with van der Waals surface area (Å²) in [6, 6.07) is 5.39. The van der Waals surface area contributed by atoms with Gasteiger partial charge in [-0.15, -0.1) is 0 Å². The van der Waals surface area contributed by atoms with Gasteiger partial charge in [-0.25, -0.2) is 9.18 Å². The summed E-state index contributed by atoms with van der Waals surface area (Å²) in [5, 5.41) is 9.55. The van der Waals surface area contributed by atoms with E-state index in [0.717, 1.165) is 6.07 Å². The number of nitrogens with zero attached hydrogens (tertiary/aromatic N) is 1. The summed E-state index contributed by atoms with van der Waals surface area (Å²) in [5.41, 5.74) is -0.938. The van der Waals surface area contributed by atoms with Gasteiger partial charge < -0.3 is 10.0 Å². The van der Waals surface area contributed by atoms with Crippen LogP contribution < -0.4 is 0 Å². The molecule has 20 heavy (non-hydrogen) atoms. The molecule has 2 rings (SSSR count). The smallest absolute Gasteiger partial charge is 0.329 e. The largest absolute Gasteiger partial charge is 0.479 e. The van der Waals surface area contributed by atoms with Gasteiger partial charge in [-0.2, -0.15) is 0 Å². The summed E-state index contributed by atoms with van der Waals surface area (Å²) < 4.78 is 13.2. The number of carboxylic acids is 1. The molecule has 0 saturated carbocycles. The van der Waals surface area contributed by atoms with Crippen molar-refractivity contribution < 1.29 is 19.1 Å². The molecule has 1 aromatic carbocycles. The summed E-state index contributed by atoms with van der Waals surface area (Å²) >= 11 is 0. The van der Waals surface area contributed by atoms with Gasteiger partial charge in [-0.05, 0) is 37.5 Å². The highest BCUT2D eigenvalue weighted by Gasteiger charge is 2.49. The van der Waals surface area contributed by atoms with Gasteiger partial charge in [0.05, 0.1) is 0 Å². The van der Waals surface area contributed by atoms with E-state index in [1.165, 1.54) is 23.1 Å². The molecule has 108 valence electrons. The molecular weight excluding hydrogens is 261 g/mol. The van der Waals surface area contributed by atoms with Crippen molar-refractivity contribution in [2.24, 2.45) is 0 Å². The van der Waals surface area contributed by atoms with Gasteiger partial charge in [0.2, 0.25) is 0 Å². The van der Waals surface area contributed by atoms with Crippen LogP contribution in [0, 0.1) is 5.82 Å². The third kappa shape index (κ3) is 2.40. The fraction of sp³-hybridized carbons (Fsp3) is 0.467. The quantitative estimate of drug-likeness (QED) is 0.922. The van der Waals surface area contributed by atoms with Crippen LogP contribution in [-0.2, 0) is 4.79 Å². The molecule has 1 unspecified atom stereocenters. The highest BCUT2D eigenvalue weighted by molar-refractivity contribution is 5.98. The molecule has 0 bridgehead atoms. The van der Waals surface area contributed by atoms with Gasteiger partial charge in [-0.3, -0.25) is 4.79 Å². The maximum Gasteiger partial charge on any atom is 0.329 e. The predicted molar refractivity (Wildman–Crippen MR) is 71.9 cm³/mol. The molecular formula is C15H18FNO3. The van der Waals surface area contributed by atoms with E-state index in [-0.39, 0.29) is 5.56 Å². The molecule has 4 nitrogen and oxygen atoms in total. The van der Waals surface area contributed by atoms with Crippen LogP contribution in [0.5, 0.6) is 0 Å². The Labute approximate surface area is 117 Å². The summed E-state index contributed by atoms with van der Waals surface area (Å²) in [6.45, 7) is 2.30. The molecule has 1 atom stereocenters. The summed E-state index contributed by atoms with van der Waals surface area (Å²) in [6.07, 6.45) is 2.22. The van der Waals surface area contributed by atoms with Gasteiger partial charge in [0, 0.05) is 12.1 Å². The van der Waals surface area contributed by atoms with Crippen molar-refractivity contribution in [2.45, 2.75) is 38.1 Å². The van der Waals surface area contributed by atoms with Crippen LogP contribution in [0.25, 0.3) is 0 Å². The lowest BCUT2D eigenvalue weighted by Crippen LogP contribution is -2.53. The maximum atomic E-state index is 13.2. The molecule has 0 spiro atoms. The van der Waals surface area contributed by atoms with Crippen LogP contribution in [0.1, 0.15) is 43.0 Å². The molecule has 1 aliphatic heterocycles. The highest BCUT2D eigenvalue weighted by atomic mass is 19.1. The van der Waals surface area contributed by atoms with Crippen molar-refractivity contribution in [3.05, 3.63) is 35.6 Å². The molecule has 5 heteroatoms. The maximum absolute atomic E-state index is 13.2. The first-order valence-electron chi connectivity index (χ1n) is 6.82. The Kier molecular flexibility index (Phi) is 4.06. The average molecular weight is 279 g/mol. The van der Waals surface area contributed by atoms with Crippen LogP contribution in [-0.4, -0.2) is 34.0 Å². The number of carbonyl (C=O) groups excluding carboxylic acids is 1. The van der Waals surface area contributed by atoms with Gasteiger partial charge in [-0.1, -0.05) is 19.4 Å². The van der Waals surface area contributed by atoms with E-state index in [2.05, 4.69) is 0 Å². The molecule has 1 fully saturated rings. The van der Waals surface area contributed by atoms with Crippen LogP contribution in [0.4, 0.5) is 4.39 Å². The topological polar surface area (TPSA) is 57.6 Å². The van der Waals surface area contributed by atoms with Gasteiger partial charge in [0.15, 0.2) is 0 Å². The first-order chi connectivity index (χ1) is 9.51. The fourth-order valence-electron chi connectivity index (χ4n) is 2.95. The lowest BCUT2D eigenvalue weighted by Gasteiger charge is -2.34. The van der Waals surface area contributed by atoms with Crippen molar-refractivity contribution in [3.63, 3.8) is 0 Å². The number of halogens is 1. The van der Waals surface area contributed by atoms with E-state index >= 15 is 0 Å². The third-order valence-electron chi connectivity index (χ3n) is 3.87. The second-order valence-corrected chi connectivity index (χ2v) is 5.16. The average Bonchev–Trinajstić information content (AvgIpc) is 2.83. The SMILES string of the molecule is CCCC1(C(=O)O)CCCN1C(=O)c1cccc(F)c1. The van der Waals surface area contributed by atoms with E-state index < -0.39 is 23.2 Å². The molecule has 1 saturated heterocycles.